The van der Waals surface area contributed by atoms with Crippen molar-refractivity contribution in [3.05, 3.63) is 63.7 Å². The Hall–Kier alpha value is -2.99. The number of hydrogen-bond acceptors (Lipinski definition) is 5. The highest BCUT2D eigenvalue weighted by Gasteiger charge is 2.31. The number of rotatable bonds is 4. The van der Waals surface area contributed by atoms with Crippen molar-refractivity contribution in [2.24, 2.45) is 5.92 Å². The third kappa shape index (κ3) is 3.55. The first kappa shape index (κ1) is 19.8. The standard InChI is InChI=1S/C21H18ClNO5/c1-10(2)21(27)28-11(3)20(26)23-17-9-15-14(8-16(17)22)18(24)12-6-4-5-7-13(12)19(15)25/h4-11H,1-3H3,(H,23,26)/t11-/m1/s1. The Morgan fingerprint density at radius 3 is 2.00 bits per heavy atom. The summed E-state index contributed by atoms with van der Waals surface area (Å²) in [5.74, 6) is -2.09. The van der Waals surface area contributed by atoms with Crippen molar-refractivity contribution in [3.63, 3.8) is 0 Å². The van der Waals surface area contributed by atoms with Crippen LogP contribution in [0.2, 0.25) is 5.02 Å². The lowest BCUT2D eigenvalue weighted by Gasteiger charge is -2.20. The molecule has 0 radical (unpaired) electrons. The summed E-state index contributed by atoms with van der Waals surface area (Å²) in [6.07, 6.45) is -1.04. The first-order valence-corrected chi connectivity index (χ1v) is 9.11. The van der Waals surface area contributed by atoms with E-state index in [0.29, 0.717) is 11.1 Å². The van der Waals surface area contributed by atoms with Crippen molar-refractivity contribution in [1.29, 1.82) is 0 Å². The van der Waals surface area contributed by atoms with E-state index in [-0.39, 0.29) is 39.3 Å². The molecule has 6 nitrogen and oxygen atoms in total. The fraction of sp³-hybridized carbons (Fsp3) is 0.238. The fourth-order valence-corrected chi connectivity index (χ4v) is 3.02. The number of carbonyl (C=O) groups is 4. The second-order valence-corrected chi connectivity index (χ2v) is 7.21. The van der Waals surface area contributed by atoms with Gasteiger partial charge in [-0.15, -0.1) is 0 Å². The van der Waals surface area contributed by atoms with E-state index in [0.717, 1.165) is 0 Å². The minimum atomic E-state index is -1.04. The third-order valence-corrected chi connectivity index (χ3v) is 4.72. The maximum Gasteiger partial charge on any atom is 0.309 e. The van der Waals surface area contributed by atoms with Gasteiger partial charge in [-0.05, 0) is 19.1 Å². The number of esters is 1. The number of anilines is 1. The number of carbonyl (C=O) groups excluding carboxylic acids is 4. The molecule has 1 aliphatic carbocycles. The molecule has 2 aromatic carbocycles. The van der Waals surface area contributed by atoms with Crippen molar-refractivity contribution < 1.29 is 23.9 Å². The topological polar surface area (TPSA) is 89.5 Å². The van der Waals surface area contributed by atoms with Gasteiger partial charge >= 0.3 is 5.97 Å². The van der Waals surface area contributed by atoms with Crippen molar-refractivity contribution >= 4 is 40.7 Å². The summed E-state index contributed by atoms with van der Waals surface area (Å²) in [5.41, 5.74) is 1.14. The number of halogens is 1. The van der Waals surface area contributed by atoms with Crippen LogP contribution in [-0.2, 0) is 14.3 Å². The fourth-order valence-electron chi connectivity index (χ4n) is 2.81. The first-order valence-electron chi connectivity index (χ1n) is 8.74. The third-order valence-electron chi connectivity index (χ3n) is 4.40. The molecule has 0 aromatic heterocycles. The molecule has 0 spiro atoms. The Morgan fingerprint density at radius 2 is 1.46 bits per heavy atom. The molecule has 0 unspecified atom stereocenters. The van der Waals surface area contributed by atoms with E-state index in [2.05, 4.69) is 5.32 Å². The van der Waals surface area contributed by atoms with Crippen LogP contribution in [0.15, 0.2) is 36.4 Å². The van der Waals surface area contributed by atoms with Gasteiger partial charge in [0, 0.05) is 22.3 Å². The minimum absolute atomic E-state index is 0.106. The Morgan fingerprint density at radius 1 is 0.929 bits per heavy atom. The molecule has 144 valence electrons. The summed E-state index contributed by atoms with van der Waals surface area (Å²) in [5, 5.41) is 2.66. The number of ketones is 2. The molecule has 0 aliphatic heterocycles. The van der Waals surface area contributed by atoms with Crippen LogP contribution >= 0.6 is 11.6 Å². The highest BCUT2D eigenvalue weighted by Crippen LogP contribution is 2.33. The van der Waals surface area contributed by atoms with Crippen LogP contribution in [-0.4, -0.2) is 29.5 Å². The highest BCUT2D eigenvalue weighted by molar-refractivity contribution is 6.36. The second-order valence-electron chi connectivity index (χ2n) is 6.80. The molecule has 0 heterocycles. The molecule has 1 N–H and O–H groups in total. The van der Waals surface area contributed by atoms with Crippen molar-refractivity contribution in [2.75, 3.05) is 5.32 Å². The molecule has 1 atom stereocenters. The molecule has 0 bridgehead atoms. The van der Waals surface area contributed by atoms with Gasteiger partial charge in [0.2, 0.25) is 0 Å². The van der Waals surface area contributed by atoms with E-state index in [1.165, 1.54) is 19.1 Å². The zero-order valence-electron chi connectivity index (χ0n) is 15.5. The van der Waals surface area contributed by atoms with Gasteiger partial charge in [0.05, 0.1) is 16.6 Å². The first-order chi connectivity index (χ1) is 13.2. The normalized spacial score (nSPS) is 13.6. The van der Waals surface area contributed by atoms with Crippen LogP contribution in [0.3, 0.4) is 0 Å². The van der Waals surface area contributed by atoms with E-state index in [1.54, 1.807) is 38.1 Å². The maximum absolute atomic E-state index is 12.8. The number of hydrogen-bond donors (Lipinski definition) is 1. The number of amides is 1. The number of ether oxygens (including phenoxy) is 1. The molecule has 2 aromatic rings. The molecule has 1 amide bonds. The Kier molecular flexibility index (Phi) is 5.34. The molecule has 7 heteroatoms. The molecule has 1 aliphatic rings. The van der Waals surface area contributed by atoms with Gasteiger partial charge in [0.25, 0.3) is 5.91 Å². The summed E-state index contributed by atoms with van der Waals surface area (Å²) in [7, 11) is 0. The van der Waals surface area contributed by atoms with Crippen molar-refractivity contribution in [3.8, 4) is 0 Å². The average molecular weight is 400 g/mol. The zero-order valence-corrected chi connectivity index (χ0v) is 16.3. The van der Waals surface area contributed by atoms with Crippen LogP contribution in [0, 0.1) is 5.92 Å². The van der Waals surface area contributed by atoms with Gasteiger partial charge in [0.15, 0.2) is 17.7 Å². The maximum atomic E-state index is 12.8. The van der Waals surface area contributed by atoms with Crippen LogP contribution < -0.4 is 5.32 Å². The molecule has 0 saturated carbocycles. The van der Waals surface area contributed by atoms with Gasteiger partial charge in [-0.2, -0.15) is 0 Å². The lowest BCUT2D eigenvalue weighted by Crippen LogP contribution is -2.31. The van der Waals surface area contributed by atoms with Crippen LogP contribution in [0.5, 0.6) is 0 Å². The van der Waals surface area contributed by atoms with E-state index in [4.69, 9.17) is 16.3 Å². The lowest BCUT2D eigenvalue weighted by molar-refractivity contribution is -0.156. The van der Waals surface area contributed by atoms with Gasteiger partial charge in [-0.3, -0.25) is 19.2 Å². The summed E-state index contributed by atoms with van der Waals surface area (Å²) < 4.78 is 5.07. The lowest BCUT2D eigenvalue weighted by atomic mass is 9.84. The molecular formula is C21H18ClNO5. The molecular weight excluding hydrogens is 382 g/mol. The summed E-state index contributed by atoms with van der Waals surface area (Å²) >= 11 is 6.22. The Balaban J connectivity index is 1.89. The molecule has 0 saturated heterocycles. The second kappa shape index (κ2) is 7.56. The van der Waals surface area contributed by atoms with Gasteiger partial charge in [0.1, 0.15) is 0 Å². The van der Waals surface area contributed by atoms with Crippen molar-refractivity contribution in [2.45, 2.75) is 26.9 Å². The molecule has 0 fully saturated rings. The summed E-state index contributed by atoms with van der Waals surface area (Å²) in [6.45, 7) is 4.76. The molecule has 3 rings (SSSR count). The SMILES string of the molecule is CC(C)C(=O)O[C@H](C)C(=O)Nc1cc2c(cc1Cl)C(=O)c1ccccc1C2=O. The average Bonchev–Trinajstić information content (AvgIpc) is 2.67. The molecule has 28 heavy (non-hydrogen) atoms. The summed E-state index contributed by atoms with van der Waals surface area (Å²) in [6, 6.07) is 9.28. The largest absolute Gasteiger partial charge is 0.452 e. The smallest absolute Gasteiger partial charge is 0.309 e. The van der Waals surface area contributed by atoms with Crippen LogP contribution in [0.25, 0.3) is 0 Å². The van der Waals surface area contributed by atoms with E-state index in [1.807, 2.05) is 0 Å². The van der Waals surface area contributed by atoms with Crippen molar-refractivity contribution in [1.82, 2.24) is 0 Å². The highest BCUT2D eigenvalue weighted by atomic mass is 35.5. The van der Waals surface area contributed by atoms with Gasteiger partial charge in [-0.1, -0.05) is 49.7 Å². The van der Waals surface area contributed by atoms with Crippen LogP contribution in [0.4, 0.5) is 5.69 Å². The summed E-state index contributed by atoms with van der Waals surface area (Å²) in [4.78, 5) is 49.4. The predicted molar refractivity (Wildman–Crippen MR) is 104 cm³/mol. The Bertz CT molecular complexity index is 1010. The predicted octanol–water partition coefficient (Wildman–Crippen LogP) is 3.64. The Labute approximate surface area is 166 Å². The quantitative estimate of drug-likeness (QED) is 0.676. The zero-order chi connectivity index (χ0) is 20.6. The van der Waals surface area contributed by atoms with Gasteiger partial charge < -0.3 is 10.1 Å². The van der Waals surface area contributed by atoms with Crippen LogP contribution in [0.1, 0.15) is 52.6 Å². The van der Waals surface area contributed by atoms with E-state index in [9.17, 15) is 19.2 Å². The monoisotopic (exact) mass is 399 g/mol. The minimum Gasteiger partial charge on any atom is -0.452 e. The van der Waals surface area contributed by atoms with E-state index < -0.39 is 18.0 Å². The number of fused-ring (bicyclic) bond motifs is 2. The van der Waals surface area contributed by atoms with Gasteiger partial charge in [-0.25, -0.2) is 0 Å². The number of benzene rings is 2. The van der Waals surface area contributed by atoms with E-state index >= 15 is 0 Å². The number of nitrogens with one attached hydrogen (secondary N) is 1.